The number of esters is 1. The number of carbonyl (C=O) groups is 10. The number of Topliss-reactive ketones (excluding diaryl/α,β-unsaturated/α-hetero) is 1. The summed E-state index contributed by atoms with van der Waals surface area (Å²) in [5, 5.41) is 70.7. The third kappa shape index (κ3) is 24.2. The number of nitrogens with two attached hydrogens (primary N) is 1. The maximum Gasteiger partial charge on any atom is 0.374 e. The lowest BCUT2D eigenvalue weighted by molar-refractivity contribution is -0.167. The van der Waals surface area contributed by atoms with Crippen LogP contribution in [0.3, 0.4) is 0 Å². The molecule has 3 fully saturated rings. The zero-order valence-electron chi connectivity index (χ0n) is 59.6. The number of ketones is 1. The van der Waals surface area contributed by atoms with Gasteiger partial charge in [-0.15, -0.1) is 12.4 Å². The van der Waals surface area contributed by atoms with Gasteiger partial charge >= 0.3 is 45.2 Å². The van der Waals surface area contributed by atoms with Gasteiger partial charge in [-0.05, 0) is 78.5 Å². The van der Waals surface area contributed by atoms with Gasteiger partial charge in [0.25, 0.3) is 29.5 Å². The van der Waals surface area contributed by atoms with E-state index in [4.69, 9.17) is 25.3 Å². The average molecular weight is 1660 g/mol. The standard InChI is InChI=1S/C17H17N5O4.C10H11BrO3.C9H14BN5O3.C8H11N5O2.C7H12BN3O2.C5H13BN2O3.C4H5IN2.ClH/c1-21-8-11(6-18-21)17(15(24)19-16(25)20-17)9-22-7-10-3-4-12(26-2)5-13(10)14(22)23;1-13-8-4-3-7(6-11)9(5-8)10(12)14-2;1-10(18)11-5-9(6-3-12-15(2)4-6)7(16)13-8(17)14-9;1-13-3-5(2-10-13)8(4-9)6(14)11-7(15)12-8;1-8(13)9-4-7(12)6-3-10-11(2)5-6;1-6(10)7-4-5(9)8(2)11-3;1-7-3-4(5)2-6-7;/h3-6,8H,7,9H2,1-2H3,(H2,19,20,24,25);3-5H,6H2,1-2H3;3-4,11,18H,5H2,1-2H3,(H2,13,14,16,17);2-3H,4,9H2,1H3,(H2,11,12,14,15);3,5,9,13H,4H2,1-2H3;7,10H,4H2,1-3H3;2-3H,1H3;1H. The molecule has 45 heteroatoms. The van der Waals surface area contributed by atoms with E-state index in [1.54, 1.807) is 116 Å². The molecule has 3 saturated heterocycles. The predicted molar refractivity (Wildman–Crippen MR) is 394 cm³/mol. The van der Waals surface area contributed by atoms with Crippen molar-refractivity contribution in [2.45, 2.75) is 49.0 Å². The molecule has 5 aromatic heterocycles. The van der Waals surface area contributed by atoms with Gasteiger partial charge in [0.15, 0.2) is 22.4 Å². The minimum atomic E-state index is -1.37. The molecule has 3 atom stereocenters. The van der Waals surface area contributed by atoms with Crippen molar-refractivity contribution in [3.8, 4) is 11.5 Å². The Morgan fingerprint density at radius 1 is 0.629 bits per heavy atom. The first-order chi connectivity index (χ1) is 49.1. The fourth-order valence-corrected chi connectivity index (χ4v) is 10.7. The molecule has 4 aliphatic heterocycles. The summed E-state index contributed by atoms with van der Waals surface area (Å²) in [4.78, 5) is 123. The Hall–Kier alpha value is -9.64. The van der Waals surface area contributed by atoms with Gasteiger partial charge in [-0.3, -0.25) is 73.0 Å². The Labute approximate surface area is 632 Å². The molecule has 0 saturated carbocycles. The number of nitrogens with one attached hydrogen (secondary N) is 9. The number of aryl methyl sites for hydroxylation is 5. The Morgan fingerprint density at radius 2 is 1.08 bits per heavy atom. The first-order valence-corrected chi connectivity index (χ1v) is 33.4. The number of imide groups is 3. The number of hydrogen-bond donors (Lipinski definition) is 13. The van der Waals surface area contributed by atoms with Gasteiger partial charge in [0.2, 0.25) is 0 Å². The van der Waals surface area contributed by atoms with E-state index in [-0.39, 0.29) is 68.7 Å². The van der Waals surface area contributed by atoms with E-state index in [1.165, 1.54) is 68.2 Å². The number of hydrogen-bond acceptors (Lipinski definition) is 26. The largest absolute Gasteiger partial charge is 0.497 e. The van der Waals surface area contributed by atoms with Crippen molar-refractivity contribution >= 4 is 131 Å². The smallest absolute Gasteiger partial charge is 0.374 e. The normalized spacial score (nSPS) is 17.0. The quantitative estimate of drug-likeness (QED) is 0.00742. The number of ether oxygens (including phenoxy) is 3. The number of hydroxylamine groups is 2. The summed E-state index contributed by atoms with van der Waals surface area (Å²) in [5.41, 5.74) is 6.78. The van der Waals surface area contributed by atoms with Crippen LogP contribution in [0, 0.1) is 3.57 Å². The fraction of sp³-hybridized carbons (Fsp3) is 0.383. The van der Waals surface area contributed by atoms with Crippen LogP contribution >= 0.6 is 50.9 Å². The number of urea groups is 3. The zero-order chi connectivity index (χ0) is 77.4. The minimum Gasteiger partial charge on any atom is -0.497 e. The maximum absolute atomic E-state index is 12.8. The number of alkyl halides is 1. The van der Waals surface area contributed by atoms with Crippen molar-refractivity contribution in [3.05, 3.63) is 146 Å². The highest BCUT2D eigenvalue weighted by atomic mass is 127. The number of methoxy groups -OCH3 is 3. The van der Waals surface area contributed by atoms with Gasteiger partial charge in [0, 0.05) is 120 Å². The van der Waals surface area contributed by atoms with Crippen LogP contribution in [0.25, 0.3) is 0 Å². The fourth-order valence-electron chi connectivity index (χ4n) is 9.73. The van der Waals surface area contributed by atoms with Crippen LogP contribution in [-0.2, 0) is 92.5 Å². The second-order valence-electron chi connectivity index (χ2n) is 23.1. The lowest BCUT2D eigenvalue weighted by atomic mass is 9.84. The molecule has 0 bridgehead atoms. The molecule has 0 spiro atoms. The van der Waals surface area contributed by atoms with Gasteiger partial charge in [0.05, 0.1) is 93.8 Å². The number of fused-ring (bicyclic) bond motifs is 1. The van der Waals surface area contributed by atoms with Crippen molar-refractivity contribution in [3.63, 3.8) is 0 Å². The van der Waals surface area contributed by atoms with Crippen molar-refractivity contribution in [1.29, 1.82) is 0 Å². The van der Waals surface area contributed by atoms with Crippen LogP contribution in [0.1, 0.15) is 58.9 Å². The lowest BCUT2D eigenvalue weighted by Gasteiger charge is -2.30. The Kier molecular flexibility index (Phi) is 33.9. The maximum atomic E-state index is 12.8. The highest BCUT2D eigenvalue weighted by molar-refractivity contribution is 14.1. The molecule has 9 heterocycles. The second-order valence-corrected chi connectivity index (χ2v) is 24.9. The topological polar surface area (TPSA) is 498 Å². The Balaban J connectivity index is 0.000000267. The molecule has 7 aromatic rings. The summed E-state index contributed by atoms with van der Waals surface area (Å²) in [6.07, 6.45) is 16.4. The summed E-state index contributed by atoms with van der Waals surface area (Å²) in [5.74, 6) is -1.03. The third-order valence-electron chi connectivity index (χ3n) is 15.3. The Morgan fingerprint density at radius 3 is 1.48 bits per heavy atom. The Bertz CT molecular complexity index is 4150. The first kappa shape index (κ1) is 87.8. The molecule has 0 radical (unpaired) electrons. The number of rotatable bonds is 21. The van der Waals surface area contributed by atoms with Crippen LogP contribution < -0.4 is 62.8 Å². The second kappa shape index (κ2) is 40.6. The van der Waals surface area contributed by atoms with E-state index in [2.05, 4.69) is 121 Å². The lowest BCUT2D eigenvalue weighted by Crippen LogP contribution is -2.53. The summed E-state index contributed by atoms with van der Waals surface area (Å²) in [7, 11) is 14.0. The molecule has 4 aliphatic rings. The molecule has 11 rings (SSSR count). The van der Waals surface area contributed by atoms with Gasteiger partial charge in [-0.25, -0.2) is 24.2 Å². The third-order valence-corrected chi connectivity index (χ3v) is 16.5. The number of aromatic nitrogens is 10. The van der Waals surface area contributed by atoms with Crippen LogP contribution in [0.4, 0.5) is 14.4 Å². The van der Waals surface area contributed by atoms with E-state index >= 15 is 0 Å². The van der Waals surface area contributed by atoms with Crippen molar-refractivity contribution < 1.29 is 82.1 Å². The summed E-state index contributed by atoms with van der Waals surface area (Å²) in [6, 6.07) is 8.93. The number of likely N-dealkylation sites (N-methyl/N-ethyl adjacent to an activating group) is 1. The number of benzene rings is 2. The molecule has 14 N–H and O–H groups in total. The zero-order valence-corrected chi connectivity index (χ0v) is 64.1. The molecule has 566 valence electrons. The van der Waals surface area contributed by atoms with Crippen molar-refractivity contribution in [1.82, 2.24) is 106 Å². The monoisotopic (exact) mass is 1660 g/mol. The van der Waals surface area contributed by atoms with Crippen LogP contribution in [0.15, 0.2) is 98.4 Å². The molecule has 39 nitrogen and oxygen atoms in total. The van der Waals surface area contributed by atoms with Crippen LogP contribution in [-0.4, -0.2) is 223 Å². The van der Waals surface area contributed by atoms with Crippen LogP contribution in [0.5, 0.6) is 11.5 Å². The molecule has 11 amide bonds. The molecular formula is C60H84B3BrClIN22O17. The molecule has 0 aliphatic carbocycles. The highest BCUT2D eigenvalue weighted by Gasteiger charge is 2.52. The number of nitrogens with zero attached hydrogens (tertiary/aromatic N) is 12. The molecule has 2 aromatic carbocycles. The summed E-state index contributed by atoms with van der Waals surface area (Å²) in [6.45, 7) is 5.27. The van der Waals surface area contributed by atoms with Crippen molar-refractivity contribution in [2.24, 2.45) is 41.0 Å². The van der Waals surface area contributed by atoms with E-state index in [0.29, 0.717) is 56.8 Å². The summed E-state index contributed by atoms with van der Waals surface area (Å²) >= 11 is 5.52. The van der Waals surface area contributed by atoms with Gasteiger partial charge in [-0.2, -0.15) is 25.5 Å². The summed E-state index contributed by atoms with van der Waals surface area (Å²) < 4.78 is 24.0. The van der Waals surface area contributed by atoms with E-state index in [0.717, 1.165) is 16.2 Å². The SMILES string of the molecule is CB(O)NCC(=O)c1cnn(C)c1.CB(O)NCC1(c2cnn(C)c2)NC(=O)NC1=O.COC(=O)c1cc(OC)ccc1CBr.CON(C)C(=O)CNB(C)O.COc1ccc2c(c1)C(=O)N(CC1(c3cnn(C)c3)NC(=O)NC1=O)C2.Cl.Cn1cc(C2(CN)NC(=O)NC2=O)cn1.Cn1cc(I)cn1. The molecule has 3 unspecified atom stereocenters. The number of amides is 11. The van der Waals surface area contributed by atoms with Crippen molar-refractivity contribution in [2.75, 3.05) is 68.2 Å². The van der Waals surface area contributed by atoms with E-state index in [9.17, 15) is 53.0 Å². The number of carbonyl (C=O) groups excluding carboxylic acids is 10. The van der Waals surface area contributed by atoms with E-state index in [1.807, 2.05) is 37.6 Å². The average Bonchev–Trinajstić information content (AvgIpc) is 1.62. The first-order valence-electron chi connectivity index (χ1n) is 31.2. The predicted octanol–water partition coefficient (Wildman–Crippen LogP) is -1.48. The van der Waals surface area contributed by atoms with Crippen LogP contribution in [0.2, 0.25) is 20.5 Å². The molecule has 105 heavy (non-hydrogen) atoms. The van der Waals surface area contributed by atoms with Gasteiger partial charge < -0.3 is 71.6 Å². The number of halogens is 3. The van der Waals surface area contributed by atoms with E-state index < -0.39 is 73.6 Å². The van der Waals surface area contributed by atoms with Gasteiger partial charge in [-0.1, -0.05) is 28.1 Å². The van der Waals surface area contributed by atoms with Gasteiger partial charge in [0.1, 0.15) is 11.5 Å². The molecular weight excluding hydrogens is 1580 g/mol. The highest BCUT2D eigenvalue weighted by Crippen LogP contribution is 2.33. The minimum absolute atomic E-state index is 0.